The molecule has 1 aromatic rings. The van der Waals surface area contributed by atoms with Crippen molar-refractivity contribution >= 4 is 11.3 Å². The predicted octanol–water partition coefficient (Wildman–Crippen LogP) is 1.84. The van der Waals surface area contributed by atoms with Crippen molar-refractivity contribution in [2.75, 3.05) is 13.1 Å². The fourth-order valence-electron chi connectivity index (χ4n) is 3.73. The number of fused-ring (bicyclic) bond motifs is 1. The summed E-state index contributed by atoms with van der Waals surface area (Å²) in [5, 5.41) is 12.1. The largest absolute Gasteiger partial charge is 0.393 e. The Morgan fingerprint density at radius 1 is 1.44 bits per heavy atom. The monoisotopic (exact) mass is 266 g/mol. The van der Waals surface area contributed by atoms with E-state index in [1.54, 1.807) is 11.3 Å². The zero-order chi connectivity index (χ0) is 12.7. The highest BCUT2D eigenvalue weighted by atomic mass is 32.1. The van der Waals surface area contributed by atoms with Crippen molar-refractivity contribution < 1.29 is 5.11 Å². The highest BCUT2D eigenvalue weighted by Gasteiger charge is 2.44. The first kappa shape index (κ1) is 12.6. The molecule has 5 unspecified atom stereocenters. The van der Waals surface area contributed by atoms with Gasteiger partial charge in [0, 0.05) is 29.9 Å². The number of aliphatic hydroxyl groups is 1. The van der Waals surface area contributed by atoms with Crippen LogP contribution >= 0.6 is 11.3 Å². The molecule has 0 aromatic carbocycles. The van der Waals surface area contributed by atoms with Gasteiger partial charge in [-0.05, 0) is 37.1 Å². The highest BCUT2D eigenvalue weighted by Crippen LogP contribution is 2.42. The van der Waals surface area contributed by atoms with Crippen LogP contribution in [0.5, 0.6) is 0 Å². The molecule has 1 aliphatic carbocycles. The summed E-state index contributed by atoms with van der Waals surface area (Å²) in [7, 11) is 0. The molecule has 3 N–H and O–H groups in total. The Morgan fingerprint density at radius 2 is 2.28 bits per heavy atom. The van der Waals surface area contributed by atoms with Crippen molar-refractivity contribution in [3.05, 3.63) is 22.4 Å². The minimum Gasteiger partial charge on any atom is -0.393 e. The van der Waals surface area contributed by atoms with Crippen LogP contribution in [-0.4, -0.2) is 35.2 Å². The molecule has 18 heavy (non-hydrogen) atoms. The van der Waals surface area contributed by atoms with E-state index in [0.717, 1.165) is 19.5 Å². The normalized spacial score (nSPS) is 35.6. The average molecular weight is 266 g/mol. The van der Waals surface area contributed by atoms with Crippen LogP contribution in [0.1, 0.15) is 30.7 Å². The van der Waals surface area contributed by atoms with Gasteiger partial charge in [-0.2, -0.15) is 0 Å². The van der Waals surface area contributed by atoms with Crippen LogP contribution in [0.4, 0.5) is 0 Å². The van der Waals surface area contributed by atoms with Crippen molar-refractivity contribution in [3.63, 3.8) is 0 Å². The van der Waals surface area contributed by atoms with Crippen LogP contribution in [0.3, 0.4) is 0 Å². The van der Waals surface area contributed by atoms with Gasteiger partial charge in [0.1, 0.15) is 0 Å². The molecule has 2 aliphatic rings. The maximum absolute atomic E-state index is 10.0. The van der Waals surface area contributed by atoms with Crippen molar-refractivity contribution in [1.82, 2.24) is 4.90 Å². The van der Waals surface area contributed by atoms with Gasteiger partial charge in [-0.1, -0.05) is 6.07 Å². The van der Waals surface area contributed by atoms with Gasteiger partial charge in [0.2, 0.25) is 0 Å². The molecular formula is C14H22N2OS. The summed E-state index contributed by atoms with van der Waals surface area (Å²) in [5.74, 6) is 1.16. The molecule has 1 saturated carbocycles. The van der Waals surface area contributed by atoms with E-state index in [1.807, 2.05) is 0 Å². The Bertz CT molecular complexity index is 393. The van der Waals surface area contributed by atoms with Crippen molar-refractivity contribution in [2.24, 2.45) is 17.6 Å². The van der Waals surface area contributed by atoms with Crippen LogP contribution in [-0.2, 0) is 0 Å². The summed E-state index contributed by atoms with van der Waals surface area (Å²) >= 11 is 1.79. The van der Waals surface area contributed by atoms with Gasteiger partial charge >= 0.3 is 0 Å². The maximum Gasteiger partial charge on any atom is 0.0590 e. The van der Waals surface area contributed by atoms with Gasteiger partial charge in [0.05, 0.1) is 12.1 Å². The van der Waals surface area contributed by atoms with Crippen LogP contribution in [0.2, 0.25) is 0 Å². The van der Waals surface area contributed by atoms with E-state index < -0.39 is 0 Å². The smallest absolute Gasteiger partial charge is 0.0590 e. The minimum absolute atomic E-state index is 0.0860. The SMILES string of the molecule is CC(N)C(c1cccs1)N1CC2CCC(O)C2C1. The summed E-state index contributed by atoms with van der Waals surface area (Å²) in [4.78, 5) is 3.85. The standard InChI is InChI=1S/C14H22N2OS/c1-9(15)14(13-3-2-6-18-13)16-7-10-4-5-12(17)11(10)8-16/h2-3,6,9-12,14,17H,4-5,7-8,15H2,1H3. The molecule has 0 amide bonds. The number of nitrogens with zero attached hydrogens (tertiary/aromatic N) is 1. The summed E-state index contributed by atoms with van der Waals surface area (Å²) in [6.45, 7) is 4.21. The Morgan fingerprint density at radius 3 is 2.89 bits per heavy atom. The van der Waals surface area contributed by atoms with Gasteiger partial charge < -0.3 is 10.8 Å². The molecule has 3 rings (SSSR count). The first-order valence-electron chi connectivity index (χ1n) is 6.88. The topological polar surface area (TPSA) is 49.5 Å². The number of rotatable bonds is 3. The quantitative estimate of drug-likeness (QED) is 0.877. The number of likely N-dealkylation sites (tertiary alicyclic amines) is 1. The van der Waals surface area contributed by atoms with E-state index in [9.17, 15) is 5.11 Å². The average Bonchev–Trinajstić information content (AvgIpc) is 2.99. The zero-order valence-electron chi connectivity index (χ0n) is 10.8. The molecule has 1 saturated heterocycles. The third kappa shape index (κ3) is 2.11. The van der Waals surface area contributed by atoms with Gasteiger partial charge in [0.15, 0.2) is 0 Å². The zero-order valence-corrected chi connectivity index (χ0v) is 11.6. The lowest BCUT2D eigenvalue weighted by molar-refractivity contribution is 0.115. The molecule has 1 aromatic heterocycles. The van der Waals surface area contributed by atoms with E-state index in [0.29, 0.717) is 17.9 Å². The highest BCUT2D eigenvalue weighted by molar-refractivity contribution is 7.10. The number of aliphatic hydroxyl groups excluding tert-OH is 1. The van der Waals surface area contributed by atoms with Crippen molar-refractivity contribution in [2.45, 2.75) is 38.0 Å². The number of nitrogens with two attached hydrogens (primary N) is 1. The molecule has 4 heteroatoms. The van der Waals surface area contributed by atoms with Crippen LogP contribution in [0, 0.1) is 11.8 Å². The summed E-state index contributed by atoms with van der Waals surface area (Å²) in [6, 6.07) is 4.74. The lowest BCUT2D eigenvalue weighted by Gasteiger charge is -2.31. The van der Waals surface area contributed by atoms with Gasteiger partial charge in [-0.25, -0.2) is 0 Å². The molecule has 3 nitrogen and oxygen atoms in total. The summed E-state index contributed by atoms with van der Waals surface area (Å²) < 4.78 is 0. The lowest BCUT2D eigenvalue weighted by atomic mass is 10.00. The molecule has 0 radical (unpaired) electrons. The molecule has 0 bridgehead atoms. The fourth-order valence-corrected chi connectivity index (χ4v) is 4.70. The van der Waals surface area contributed by atoms with Crippen molar-refractivity contribution in [1.29, 1.82) is 0 Å². The number of hydrogen-bond donors (Lipinski definition) is 2. The first-order chi connectivity index (χ1) is 8.66. The van der Waals surface area contributed by atoms with E-state index in [4.69, 9.17) is 5.73 Å². The van der Waals surface area contributed by atoms with E-state index in [-0.39, 0.29) is 12.1 Å². The lowest BCUT2D eigenvalue weighted by Crippen LogP contribution is -2.38. The predicted molar refractivity (Wildman–Crippen MR) is 74.5 cm³/mol. The minimum atomic E-state index is -0.0860. The summed E-state index contributed by atoms with van der Waals surface area (Å²) in [6.07, 6.45) is 2.08. The second-order valence-electron chi connectivity index (χ2n) is 5.84. The molecule has 2 fully saturated rings. The Labute approximate surface area is 113 Å². The Hall–Kier alpha value is -0.420. The molecule has 2 heterocycles. The number of thiophene rings is 1. The Kier molecular flexibility index (Phi) is 3.45. The molecule has 5 atom stereocenters. The maximum atomic E-state index is 10.0. The second kappa shape index (κ2) is 4.93. The van der Waals surface area contributed by atoms with Crippen molar-refractivity contribution in [3.8, 4) is 0 Å². The third-order valence-electron chi connectivity index (χ3n) is 4.57. The third-order valence-corrected chi connectivity index (χ3v) is 5.52. The van der Waals surface area contributed by atoms with E-state index in [2.05, 4.69) is 29.3 Å². The van der Waals surface area contributed by atoms with Crippen LogP contribution in [0.15, 0.2) is 17.5 Å². The second-order valence-corrected chi connectivity index (χ2v) is 6.82. The first-order valence-corrected chi connectivity index (χ1v) is 7.76. The summed E-state index contributed by atoms with van der Waals surface area (Å²) in [5.41, 5.74) is 6.20. The van der Waals surface area contributed by atoms with Gasteiger partial charge in [-0.3, -0.25) is 4.90 Å². The van der Waals surface area contributed by atoms with E-state index in [1.165, 1.54) is 11.3 Å². The fraction of sp³-hybridized carbons (Fsp3) is 0.714. The van der Waals surface area contributed by atoms with Crippen LogP contribution < -0.4 is 5.73 Å². The van der Waals surface area contributed by atoms with Gasteiger partial charge in [-0.15, -0.1) is 11.3 Å². The van der Waals surface area contributed by atoms with Gasteiger partial charge in [0.25, 0.3) is 0 Å². The molecule has 100 valence electrons. The van der Waals surface area contributed by atoms with E-state index >= 15 is 0 Å². The molecular weight excluding hydrogens is 244 g/mol. The molecule has 0 spiro atoms. The molecule has 1 aliphatic heterocycles. The van der Waals surface area contributed by atoms with Crippen LogP contribution in [0.25, 0.3) is 0 Å². The Balaban J connectivity index is 1.77. The number of hydrogen-bond acceptors (Lipinski definition) is 4.